The number of halogens is 2. The van der Waals surface area contributed by atoms with Gasteiger partial charge in [-0.15, -0.1) is 0 Å². The van der Waals surface area contributed by atoms with E-state index in [0.717, 1.165) is 0 Å². The molecule has 0 radical (unpaired) electrons. The van der Waals surface area contributed by atoms with Crippen LogP contribution in [-0.4, -0.2) is 23.1 Å². The van der Waals surface area contributed by atoms with Gasteiger partial charge in [0.25, 0.3) is 0 Å². The van der Waals surface area contributed by atoms with Crippen molar-refractivity contribution in [2.75, 3.05) is 5.32 Å². The highest BCUT2D eigenvalue weighted by Crippen LogP contribution is 2.25. The topological polar surface area (TPSA) is 78.4 Å². The van der Waals surface area contributed by atoms with Crippen molar-refractivity contribution in [3.05, 3.63) is 28.2 Å². The Hall–Kier alpha value is -1.46. The maximum atomic E-state index is 11.6. The number of urea groups is 1. The van der Waals surface area contributed by atoms with Crippen LogP contribution in [0.15, 0.2) is 18.2 Å². The van der Waals surface area contributed by atoms with E-state index in [1.165, 1.54) is 6.07 Å². The highest BCUT2D eigenvalue weighted by molar-refractivity contribution is 6.36. The third-order valence-corrected chi connectivity index (χ3v) is 2.90. The number of carboxylic acids is 1. The molecule has 3 N–H and O–H groups in total. The van der Waals surface area contributed by atoms with Crippen molar-refractivity contribution in [1.82, 2.24) is 5.32 Å². The van der Waals surface area contributed by atoms with Crippen LogP contribution in [0.3, 0.4) is 0 Å². The van der Waals surface area contributed by atoms with Crippen LogP contribution in [-0.2, 0) is 4.79 Å². The number of amides is 2. The van der Waals surface area contributed by atoms with Crippen LogP contribution in [0.2, 0.25) is 10.0 Å². The number of aliphatic carboxylic acids is 1. The van der Waals surface area contributed by atoms with Gasteiger partial charge in [-0.2, -0.15) is 0 Å². The van der Waals surface area contributed by atoms with Gasteiger partial charge in [-0.25, -0.2) is 4.79 Å². The number of nitrogens with one attached hydrogen (secondary N) is 2. The zero-order valence-electron chi connectivity index (χ0n) is 10.2. The quantitative estimate of drug-likeness (QED) is 0.780. The van der Waals surface area contributed by atoms with Gasteiger partial charge < -0.3 is 15.7 Å². The maximum absolute atomic E-state index is 11.6. The summed E-state index contributed by atoms with van der Waals surface area (Å²) in [6, 6.07) is 4.03. The molecule has 104 valence electrons. The van der Waals surface area contributed by atoms with Crippen LogP contribution >= 0.6 is 23.2 Å². The second-order valence-electron chi connectivity index (χ2n) is 4.06. The van der Waals surface area contributed by atoms with Crippen molar-refractivity contribution < 1.29 is 14.7 Å². The lowest BCUT2D eigenvalue weighted by Crippen LogP contribution is -2.36. The van der Waals surface area contributed by atoms with Crippen LogP contribution < -0.4 is 10.6 Å². The Morgan fingerprint density at radius 2 is 2.05 bits per heavy atom. The number of hydrogen-bond acceptors (Lipinski definition) is 2. The summed E-state index contributed by atoms with van der Waals surface area (Å²) in [5.74, 6) is -0.894. The Kier molecular flexibility index (Phi) is 5.92. The number of rotatable bonds is 5. The molecule has 0 aromatic heterocycles. The van der Waals surface area contributed by atoms with Gasteiger partial charge in [0.1, 0.15) is 0 Å². The molecule has 2 amide bonds. The minimum absolute atomic E-state index is 0.00312. The van der Waals surface area contributed by atoms with Crippen molar-refractivity contribution in [2.24, 2.45) is 0 Å². The summed E-state index contributed by atoms with van der Waals surface area (Å²) in [5.41, 5.74) is 0.439. The Balaban J connectivity index is 2.48. The predicted molar refractivity (Wildman–Crippen MR) is 74.9 cm³/mol. The first kappa shape index (κ1) is 15.6. The molecule has 0 fully saturated rings. The van der Waals surface area contributed by atoms with Gasteiger partial charge in [-0.3, -0.25) is 4.79 Å². The van der Waals surface area contributed by atoms with E-state index in [2.05, 4.69) is 10.6 Å². The summed E-state index contributed by atoms with van der Waals surface area (Å²) in [5, 5.41) is 14.5. The smallest absolute Gasteiger partial charge is 0.319 e. The fourth-order valence-corrected chi connectivity index (χ4v) is 1.84. The number of carboxylic acid groups (broad SMARTS) is 1. The standard InChI is InChI=1S/C12H14Cl2N2O3/c1-7(2-5-11(17)18)15-12(19)16-10-4-3-8(13)6-9(10)14/h3-4,6-7H,2,5H2,1H3,(H,17,18)(H2,15,16,19). The van der Waals surface area contributed by atoms with E-state index in [0.29, 0.717) is 22.2 Å². The molecule has 1 aromatic carbocycles. The molecule has 1 unspecified atom stereocenters. The summed E-state index contributed by atoms with van der Waals surface area (Å²) >= 11 is 11.6. The van der Waals surface area contributed by atoms with Gasteiger partial charge in [0, 0.05) is 17.5 Å². The predicted octanol–water partition coefficient (Wildman–Crippen LogP) is 3.37. The van der Waals surface area contributed by atoms with Crippen LogP contribution in [0.5, 0.6) is 0 Å². The Bertz CT molecular complexity index is 480. The monoisotopic (exact) mass is 304 g/mol. The van der Waals surface area contributed by atoms with Crippen LogP contribution in [0, 0.1) is 0 Å². The van der Waals surface area contributed by atoms with Gasteiger partial charge in [-0.1, -0.05) is 23.2 Å². The van der Waals surface area contributed by atoms with Crippen molar-refractivity contribution >= 4 is 40.9 Å². The third-order valence-electron chi connectivity index (χ3n) is 2.35. The van der Waals surface area contributed by atoms with E-state index in [1.807, 2.05) is 0 Å². The van der Waals surface area contributed by atoms with Crippen molar-refractivity contribution in [3.63, 3.8) is 0 Å². The normalized spacial score (nSPS) is 11.7. The average molecular weight is 305 g/mol. The first-order chi connectivity index (χ1) is 8.88. The van der Waals surface area contributed by atoms with Gasteiger partial charge in [0.05, 0.1) is 10.7 Å². The van der Waals surface area contributed by atoms with Gasteiger partial charge in [-0.05, 0) is 31.5 Å². The zero-order chi connectivity index (χ0) is 14.4. The number of carbonyl (C=O) groups is 2. The molecule has 7 heteroatoms. The van der Waals surface area contributed by atoms with Crippen LogP contribution in [0.1, 0.15) is 19.8 Å². The molecule has 1 atom stereocenters. The molecule has 0 aliphatic rings. The molecule has 0 bridgehead atoms. The average Bonchev–Trinajstić information content (AvgIpc) is 2.30. The summed E-state index contributed by atoms with van der Waals surface area (Å²) in [4.78, 5) is 22.0. The Labute approximate surface area is 120 Å². The molecule has 19 heavy (non-hydrogen) atoms. The number of hydrogen-bond donors (Lipinski definition) is 3. The summed E-state index contributed by atoms with van der Waals surface area (Å²) in [6.45, 7) is 1.73. The lowest BCUT2D eigenvalue weighted by molar-refractivity contribution is -0.137. The lowest BCUT2D eigenvalue weighted by atomic mass is 10.2. The molecule has 0 saturated carbocycles. The molecular weight excluding hydrogens is 291 g/mol. The minimum atomic E-state index is -0.894. The molecule has 5 nitrogen and oxygen atoms in total. The molecule has 0 aliphatic heterocycles. The second-order valence-corrected chi connectivity index (χ2v) is 4.90. The third kappa shape index (κ3) is 5.81. The van der Waals surface area contributed by atoms with Crippen molar-refractivity contribution in [1.29, 1.82) is 0 Å². The highest BCUT2D eigenvalue weighted by atomic mass is 35.5. The molecule has 0 spiro atoms. The molecule has 0 aliphatic carbocycles. The van der Waals surface area contributed by atoms with Crippen molar-refractivity contribution in [3.8, 4) is 0 Å². The van der Waals surface area contributed by atoms with Gasteiger partial charge in [0.15, 0.2) is 0 Å². The van der Waals surface area contributed by atoms with E-state index in [9.17, 15) is 9.59 Å². The van der Waals surface area contributed by atoms with Gasteiger partial charge >= 0.3 is 12.0 Å². The highest BCUT2D eigenvalue weighted by Gasteiger charge is 2.10. The number of anilines is 1. The van der Waals surface area contributed by atoms with E-state index in [4.69, 9.17) is 28.3 Å². The molecule has 1 aromatic rings. The number of carbonyl (C=O) groups excluding carboxylic acids is 1. The first-order valence-electron chi connectivity index (χ1n) is 5.63. The first-order valence-corrected chi connectivity index (χ1v) is 6.38. The molecule has 0 heterocycles. The fourth-order valence-electron chi connectivity index (χ4n) is 1.39. The maximum Gasteiger partial charge on any atom is 0.319 e. The summed E-state index contributed by atoms with van der Waals surface area (Å²) in [7, 11) is 0. The van der Waals surface area contributed by atoms with E-state index >= 15 is 0 Å². The fraction of sp³-hybridized carbons (Fsp3) is 0.333. The molecule has 1 rings (SSSR count). The van der Waals surface area contributed by atoms with E-state index in [-0.39, 0.29) is 12.5 Å². The molecule has 0 saturated heterocycles. The largest absolute Gasteiger partial charge is 0.481 e. The Morgan fingerprint density at radius 3 is 2.63 bits per heavy atom. The summed E-state index contributed by atoms with van der Waals surface area (Å²) in [6.07, 6.45) is 0.361. The van der Waals surface area contributed by atoms with E-state index < -0.39 is 12.0 Å². The lowest BCUT2D eigenvalue weighted by Gasteiger charge is -2.14. The van der Waals surface area contributed by atoms with Crippen LogP contribution in [0.4, 0.5) is 10.5 Å². The minimum Gasteiger partial charge on any atom is -0.481 e. The zero-order valence-corrected chi connectivity index (χ0v) is 11.8. The number of benzene rings is 1. The Morgan fingerprint density at radius 1 is 1.37 bits per heavy atom. The van der Waals surface area contributed by atoms with Gasteiger partial charge in [0.2, 0.25) is 0 Å². The summed E-state index contributed by atoms with van der Waals surface area (Å²) < 4.78 is 0. The SMILES string of the molecule is CC(CCC(=O)O)NC(=O)Nc1ccc(Cl)cc1Cl. The van der Waals surface area contributed by atoms with Crippen molar-refractivity contribution in [2.45, 2.75) is 25.8 Å². The second kappa shape index (κ2) is 7.21. The van der Waals surface area contributed by atoms with E-state index in [1.54, 1.807) is 19.1 Å². The van der Waals surface area contributed by atoms with Crippen LogP contribution in [0.25, 0.3) is 0 Å². The molecular formula is C12H14Cl2N2O3.